The SMILES string of the molecule is COc1cccc(Cn2nnc3c(=O)n(Cc4nc(-c5cccc(Br)c5)no4)cnc32)c1. The fourth-order valence-electron chi connectivity index (χ4n) is 3.26. The highest BCUT2D eigenvalue weighted by Gasteiger charge is 2.15. The third-order valence-electron chi connectivity index (χ3n) is 4.81. The summed E-state index contributed by atoms with van der Waals surface area (Å²) in [6.45, 7) is 0.481. The number of ether oxygens (including phenoxy) is 1. The molecule has 2 aromatic carbocycles. The van der Waals surface area contributed by atoms with Crippen LogP contribution in [0, 0.1) is 0 Å². The first kappa shape index (κ1) is 20.1. The van der Waals surface area contributed by atoms with E-state index in [1.807, 2.05) is 48.5 Å². The lowest BCUT2D eigenvalue weighted by Gasteiger charge is -2.05. The van der Waals surface area contributed by atoms with E-state index in [0.29, 0.717) is 18.0 Å². The highest BCUT2D eigenvalue weighted by atomic mass is 79.9. The average molecular weight is 494 g/mol. The Hall–Kier alpha value is -3.86. The van der Waals surface area contributed by atoms with Crippen LogP contribution in [0.3, 0.4) is 0 Å². The molecular weight excluding hydrogens is 478 g/mol. The molecule has 5 rings (SSSR count). The van der Waals surface area contributed by atoms with Gasteiger partial charge in [0, 0.05) is 10.0 Å². The third kappa shape index (κ3) is 3.89. The lowest BCUT2D eigenvalue weighted by Crippen LogP contribution is -2.21. The van der Waals surface area contributed by atoms with Gasteiger partial charge in [0.15, 0.2) is 11.2 Å². The van der Waals surface area contributed by atoms with Crippen molar-refractivity contribution in [2.75, 3.05) is 7.11 Å². The summed E-state index contributed by atoms with van der Waals surface area (Å²) in [6.07, 6.45) is 1.43. The van der Waals surface area contributed by atoms with Crippen LogP contribution in [0.5, 0.6) is 5.75 Å². The van der Waals surface area contributed by atoms with Gasteiger partial charge in [-0.2, -0.15) is 4.98 Å². The Morgan fingerprint density at radius 2 is 2.00 bits per heavy atom. The summed E-state index contributed by atoms with van der Waals surface area (Å²) in [6, 6.07) is 15.1. The molecule has 0 amide bonds. The van der Waals surface area contributed by atoms with Crippen molar-refractivity contribution in [3.05, 3.63) is 81.1 Å². The molecular formula is C21H16BrN7O3. The molecule has 0 fully saturated rings. The van der Waals surface area contributed by atoms with E-state index < -0.39 is 0 Å². The Labute approximate surface area is 189 Å². The molecule has 3 aromatic heterocycles. The van der Waals surface area contributed by atoms with Crippen LogP contribution < -0.4 is 10.3 Å². The van der Waals surface area contributed by atoms with Gasteiger partial charge in [0.1, 0.15) is 18.6 Å². The van der Waals surface area contributed by atoms with Crippen LogP contribution in [0.4, 0.5) is 0 Å². The van der Waals surface area contributed by atoms with Crippen LogP contribution >= 0.6 is 15.9 Å². The van der Waals surface area contributed by atoms with Gasteiger partial charge >= 0.3 is 0 Å². The van der Waals surface area contributed by atoms with Crippen LogP contribution in [0.15, 0.2) is 68.6 Å². The van der Waals surface area contributed by atoms with Gasteiger partial charge in [0.05, 0.1) is 13.7 Å². The van der Waals surface area contributed by atoms with Crippen LogP contribution in [0.25, 0.3) is 22.6 Å². The predicted octanol–water partition coefficient (Wildman–Crippen LogP) is 2.91. The minimum atomic E-state index is -0.339. The van der Waals surface area contributed by atoms with Crippen molar-refractivity contribution in [3.8, 4) is 17.1 Å². The highest BCUT2D eigenvalue weighted by Crippen LogP contribution is 2.20. The van der Waals surface area contributed by atoms with Crippen molar-refractivity contribution < 1.29 is 9.26 Å². The van der Waals surface area contributed by atoms with E-state index in [0.717, 1.165) is 21.3 Å². The Bertz CT molecular complexity index is 1470. The zero-order valence-electron chi connectivity index (χ0n) is 16.8. The third-order valence-corrected chi connectivity index (χ3v) is 5.31. The van der Waals surface area contributed by atoms with Crippen molar-refractivity contribution in [3.63, 3.8) is 0 Å². The minimum Gasteiger partial charge on any atom is -0.497 e. The van der Waals surface area contributed by atoms with Gasteiger partial charge < -0.3 is 9.26 Å². The van der Waals surface area contributed by atoms with Crippen LogP contribution in [0.1, 0.15) is 11.5 Å². The molecule has 0 atom stereocenters. The van der Waals surface area contributed by atoms with Gasteiger partial charge in [-0.3, -0.25) is 9.36 Å². The molecule has 3 heterocycles. The second-order valence-electron chi connectivity index (χ2n) is 6.97. The monoisotopic (exact) mass is 493 g/mol. The molecule has 0 unspecified atom stereocenters. The molecule has 0 radical (unpaired) electrons. The van der Waals surface area contributed by atoms with Crippen LogP contribution in [-0.4, -0.2) is 41.8 Å². The highest BCUT2D eigenvalue weighted by molar-refractivity contribution is 9.10. The summed E-state index contributed by atoms with van der Waals surface area (Å²) in [5.41, 5.74) is 1.98. The molecule has 0 aliphatic carbocycles. The Kier molecular flexibility index (Phi) is 5.23. The molecule has 0 spiro atoms. The maximum Gasteiger partial charge on any atom is 0.283 e. The fourth-order valence-corrected chi connectivity index (χ4v) is 3.66. The summed E-state index contributed by atoms with van der Waals surface area (Å²) in [5.74, 6) is 1.46. The first-order valence-corrected chi connectivity index (χ1v) is 10.4. The van der Waals surface area contributed by atoms with E-state index in [9.17, 15) is 4.79 Å². The fraction of sp³-hybridized carbons (Fsp3) is 0.143. The molecule has 0 N–H and O–H groups in total. The van der Waals surface area contributed by atoms with Gasteiger partial charge in [-0.15, -0.1) is 5.10 Å². The number of benzene rings is 2. The molecule has 160 valence electrons. The number of aromatic nitrogens is 7. The summed E-state index contributed by atoms with van der Waals surface area (Å²) in [5, 5.41) is 12.1. The van der Waals surface area contributed by atoms with Crippen LogP contribution in [0.2, 0.25) is 0 Å². The standard InChI is InChI=1S/C21H16BrN7O3/c1-31-16-7-2-4-13(8-16)10-29-20-18(25-27-29)21(30)28(12-23-20)11-17-24-19(26-32-17)14-5-3-6-15(22)9-14/h2-9,12H,10-11H2,1H3. The van der Waals surface area contributed by atoms with E-state index in [4.69, 9.17) is 9.26 Å². The maximum absolute atomic E-state index is 12.9. The van der Waals surface area contributed by atoms with Crippen molar-refractivity contribution in [1.82, 2.24) is 34.7 Å². The number of rotatable bonds is 6. The van der Waals surface area contributed by atoms with E-state index >= 15 is 0 Å². The van der Waals surface area contributed by atoms with Gasteiger partial charge in [-0.25, -0.2) is 9.67 Å². The van der Waals surface area contributed by atoms with Gasteiger partial charge in [0.25, 0.3) is 5.56 Å². The quantitative estimate of drug-likeness (QED) is 0.354. The number of fused-ring (bicyclic) bond motifs is 1. The second-order valence-corrected chi connectivity index (χ2v) is 7.89. The number of hydrogen-bond donors (Lipinski definition) is 0. The molecule has 0 aliphatic rings. The van der Waals surface area contributed by atoms with Crippen molar-refractivity contribution in [2.24, 2.45) is 0 Å². The topological polar surface area (TPSA) is 114 Å². The molecule has 5 aromatic rings. The molecule has 32 heavy (non-hydrogen) atoms. The Balaban J connectivity index is 1.40. The maximum atomic E-state index is 12.9. The van der Waals surface area contributed by atoms with Crippen LogP contribution in [-0.2, 0) is 13.1 Å². The summed E-state index contributed by atoms with van der Waals surface area (Å²) in [4.78, 5) is 21.7. The summed E-state index contributed by atoms with van der Waals surface area (Å²) in [7, 11) is 1.61. The smallest absolute Gasteiger partial charge is 0.283 e. The van der Waals surface area contributed by atoms with E-state index in [1.165, 1.54) is 10.9 Å². The van der Waals surface area contributed by atoms with Gasteiger partial charge in [-0.1, -0.05) is 50.6 Å². The van der Waals surface area contributed by atoms with Crippen molar-refractivity contribution >= 4 is 27.1 Å². The number of methoxy groups -OCH3 is 1. The minimum absolute atomic E-state index is 0.0749. The average Bonchev–Trinajstić information content (AvgIpc) is 3.44. The lowest BCUT2D eigenvalue weighted by molar-refractivity contribution is 0.369. The Morgan fingerprint density at radius 3 is 2.84 bits per heavy atom. The number of nitrogens with zero attached hydrogens (tertiary/aromatic N) is 7. The summed E-state index contributed by atoms with van der Waals surface area (Å²) >= 11 is 3.42. The largest absolute Gasteiger partial charge is 0.497 e. The van der Waals surface area contributed by atoms with E-state index in [1.54, 1.807) is 11.8 Å². The lowest BCUT2D eigenvalue weighted by atomic mass is 10.2. The zero-order chi connectivity index (χ0) is 22.1. The molecule has 0 aliphatic heterocycles. The van der Waals surface area contributed by atoms with E-state index in [-0.39, 0.29) is 23.5 Å². The predicted molar refractivity (Wildman–Crippen MR) is 118 cm³/mol. The number of halogens is 1. The molecule has 0 bridgehead atoms. The molecule has 0 saturated carbocycles. The van der Waals surface area contributed by atoms with Crippen molar-refractivity contribution in [2.45, 2.75) is 13.1 Å². The normalized spacial score (nSPS) is 11.2. The first-order valence-electron chi connectivity index (χ1n) is 9.61. The number of hydrogen-bond acceptors (Lipinski definition) is 8. The van der Waals surface area contributed by atoms with Crippen molar-refractivity contribution in [1.29, 1.82) is 0 Å². The van der Waals surface area contributed by atoms with Gasteiger partial charge in [0.2, 0.25) is 11.7 Å². The van der Waals surface area contributed by atoms with Gasteiger partial charge in [-0.05, 0) is 29.8 Å². The zero-order valence-corrected chi connectivity index (χ0v) is 18.4. The van der Waals surface area contributed by atoms with E-state index in [2.05, 4.69) is 41.4 Å². The molecule has 10 nitrogen and oxygen atoms in total. The summed E-state index contributed by atoms with van der Waals surface area (Å²) < 4.78 is 14.4. The Morgan fingerprint density at radius 1 is 1.12 bits per heavy atom. The molecule has 11 heteroatoms. The first-order chi connectivity index (χ1) is 15.6. The second kappa shape index (κ2) is 8.35. The molecule has 0 saturated heterocycles.